The van der Waals surface area contributed by atoms with Crippen molar-refractivity contribution in [2.45, 2.75) is 6.54 Å². The molecule has 0 unspecified atom stereocenters. The standard InChI is InChI=1S/C7H8N2O4/c1-13-7(12)5-2-8-4-9(5)3-6(10)11/h2,4H,3H2,1H3,(H,10,11). The summed E-state index contributed by atoms with van der Waals surface area (Å²) in [5.41, 5.74) is 0.130. The molecule has 0 fully saturated rings. The molecule has 0 bridgehead atoms. The van der Waals surface area contributed by atoms with Gasteiger partial charge in [0.2, 0.25) is 0 Å². The molecule has 1 aromatic heterocycles. The Balaban J connectivity index is 2.89. The van der Waals surface area contributed by atoms with Gasteiger partial charge in [-0.25, -0.2) is 9.78 Å². The third kappa shape index (κ3) is 2.05. The van der Waals surface area contributed by atoms with Crippen molar-refractivity contribution in [2.24, 2.45) is 0 Å². The smallest absolute Gasteiger partial charge is 0.356 e. The summed E-state index contributed by atoms with van der Waals surface area (Å²) < 4.78 is 5.63. The molecule has 0 amide bonds. The van der Waals surface area contributed by atoms with Crippen LogP contribution >= 0.6 is 0 Å². The van der Waals surface area contributed by atoms with Crippen molar-refractivity contribution < 1.29 is 19.4 Å². The molecular formula is C7H8N2O4. The van der Waals surface area contributed by atoms with Crippen molar-refractivity contribution in [2.75, 3.05) is 7.11 Å². The summed E-state index contributed by atoms with van der Waals surface area (Å²) in [6.07, 6.45) is 2.52. The molecule has 0 radical (unpaired) electrons. The fraction of sp³-hybridized carbons (Fsp3) is 0.286. The molecule has 1 aromatic rings. The zero-order chi connectivity index (χ0) is 9.84. The highest BCUT2D eigenvalue weighted by Crippen LogP contribution is 2.00. The highest BCUT2D eigenvalue weighted by atomic mass is 16.5. The van der Waals surface area contributed by atoms with Crippen LogP contribution in [0.5, 0.6) is 0 Å². The zero-order valence-electron chi connectivity index (χ0n) is 6.93. The lowest BCUT2D eigenvalue weighted by Gasteiger charge is -2.01. The van der Waals surface area contributed by atoms with Crippen LogP contribution in [0.4, 0.5) is 0 Å². The van der Waals surface area contributed by atoms with Crippen LogP contribution in [0.2, 0.25) is 0 Å². The van der Waals surface area contributed by atoms with Crippen LogP contribution in [0.25, 0.3) is 0 Å². The van der Waals surface area contributed by atoms with Gasteiger partial charge < -0.3 is 14.4 Å². The molecule has 0 aromatic carbocycles. The first kappa shape index (κ1) is 9.24. The number of hydrogen-bond acceptors (Lipinski definition) is 4. The van der Waals surface area contributed by atoms with Gasteiger partial charge in [0.1, 0.15) is 12.2 Å². The minimum Gasteiger partial charge on any atom is -0.480 e. The van der Waals surface area contributed by atoms with Crippen molar-refractivity contribution >= 4 is 11.9 Å². The number of rotatable bonds is 3. The maximum absolute atomic E-state index is 11.0. The topological polar surface area (TPSA) is 81.4 Å². The molecule has 0 atom stereocenters. The number of carbonyl (C=O) groups excluding carboxylic acids is 1. The second-order valence-electron chi connectivity index (χ2n) is 2.29. The number of hydrogen-bond donors (Lipinski definition) is 1. The van der Waals surface area contributed by atoms with E-state index in [1.165, 1.54) is 24.2 Å². The van der Waals surface area contributed by atoms with Crippen molar-refractivity contribution in [3.63, 3.8) is 0 Å². The number of imidazole rings is 1. The summed E-state index contributed by atoms with van der Waals surface area (Å²) in [5.74, 6) is -1.64. The minimum atomic E-state index is -1.04. The Morgan fingerprint density at radius 2 is 2.38 bits per heavy atom. The summed E-state index contributed by atoms with van der Waals surface area (Å²) in [7, 11) is 1.22. The lowest BCUT2D eigenvalue weighted by molar-refractivity contribution is -0.137. The summed E-state index contributed by atoms with van der Waals surface area (Å²) in [4.78, 5) is 25.0. The molecule has 1 N–H and O–H groups in total. The van der Waals surface area contributed by atoms with Crippen LogP contribution in [0, 0.1) is 0 Å². The van der Waals surface area contributed by atoms with Crippen LogP contribution in [0.15, 0.2) is 12.5 Å². The van der Waals surface area contributed by atoms with Gasteiger partial charge in [-0.3, -0.25) is 4.79 Å². The SMILES string of the molecule is COC(=O)c1cncn1CC(=O)O. The molecule has 1 rings (SSSR count). The first-order chi connectivity index (χ1) is 6.15. The normalized spacial score (nSPS) is 9.62. The number of aliphatic carboxylic acids is 1. The van der Waals surface area contributed by atoms with Gasteiger partial charge in [0, 0.05) is 0 Å². The zero-order valence-corrected chi connectivity index (χ0v) is 6.93. The number of aromatic nitrogens is 2. The van der Waals surface area contributed by atoms with Crippen molar-refractivity contribution in [3.05, 3.63) is 18.2 Å². The second kappa shape index (κ2) is 3.70. The van der Waals surface area contributed by atoms with Gasteiger partial charge >= 0.3 is 11.9 Å². The molecule has 6 heteroatoms. The molecular weight excluding hydrogens is 176 g/mol. The molecule has 1 heterocycles. The molecule has 6 nitrogen and oxygen atoms in total. The molecule has 0 aliphatic carbocycles. The number of carbonyl (C=O) groups is 2. The monoisotopic (exact) mass is 184 g/mol. The molecule has 0 aliphatic rings. The van der Waals surface area contributed by atoms with Gasteiger partial charge in [-0.05, 0) is 0 Å². The van der Waals surface area contributed by atoms with E-state index in [-0.39, 0.29) is 12.2 Å². The Morgan fingerprint density at radius 1 is 1.69 bits per heavy atom. The second-order valence-corrected chi connectivity index (χ2v) is 2.29. The average molecular weight is 184 g/mol. The van der Waals surface area contributed by atoms with E-state index in [1.54, 1.807) is 0 Å². The van der Waals surface area contributed by atoms with Gasteiger partial charge in [0.15, 0.2) is 0 Å². The summed E-state index contributed by atoms with van der Waals surface area (Å²) in [5, 5.41) is 8.46. The van der Waals surface area contributed by atoms with Gasteiger partial charge in [-0.2, -0.15) is 0 Å². The third-order valence-corrected chi connectivity index (χ3v) is 1.41. The Morgan fingerprint density at radius 3 is 2.92 bits per heavy atom. The van der Waals surface area contributed by atoms with E-state index in [9.17, 15) is 9.59 Å². The van der Waals surface area contributed by atoms with Crippen LogP contribution in [-0.4, -0.2) is 33.7 Å². The van der Waals surface area contributed by atoms with Crippen molar-refractivity contribution in [1.82, 2.24) is 9.55 Å². The molecule has 0 saturated heterocycles. The minimum absolute atomic E-state index is 0.130. The van der Waals surface area contributed by atoms with E-state index in [1.807, 2.05) is 0 Å². The maximum Gasteiger partial charge on any atom is 0.356 e. The summed E-state index contributed by atoms with van der Waals surface area (Å²) in [6.45, 7) is -0.301. The highest BCUT2D eigenvalue weighted by Gasteiger charge is 2.13. The van der Waals surface area contributed by atoms with Crippen LogP contribution in [0.1, 0.15) is 10.5 Å². The largest absolute Gasteiger partial charge is 0.480 e. The van der Waals surface area contributed by atoms with Crippen LogP contribution in [0.3, 0.4) is 0 Å². The lowest BCUT2D eigenvalue weighted by atomic mass is 10.4. The Labute approximate surface area is 73.8 Å². The third-order valence-electron chi connectivity index (χ3n) is 1.41. The number of methoxy groups -OCH3 is 1. The van der Waals surface area contributed by atoms with Gasteiger partial charge in [0.05, 0.1) is 19.6 Å². The number of carboxylic acid groups (broad SMARTS) is 1. The summed E-state index contributed by atoms with van der Waals surface area (Å²) in [6, 6.07) is 0. The molecule has 70 valence electrons. The predicted octanol–water partition coefficient (Wildman–Crippen LogP) is -0.246. The Kier molecular flexibility index (Phi) is 2.63. The fourth-order valence-electron chi connectivity index (χ4n) is 0.867. The number of nitrogens with zero attached hydrogens (tertiary/aromatic N) is 2. The predicted molar refractivity (Wildman–Crippen MR) is 41.2 cm³/mol. The number of carboxylic acids is 1. The van der Waals surface area contributed by atoms with E-state index in [2.05, 4.69) is 9.72 Å². The fourth-order valence-corrected chi connectivity index (χ4v) is 0.867. The summed E-state index contributed by atoms with van der Waals surface area (Å²) >= 11 is 0. The average Bonchev–Trinajstić information content (AvgIpc) is 2.50. The van der Waals surface area contributed by atoms with Gasteiger partial charge in [-0.15, -0.1) is 0 Å². The van der Waals surface area contributed by atoms with Crippen LogP contribution < -0.4 is 0 Å². The quantitative estimate of drug-likeness (QED) is 0.655. The highest BCUT2D eigenvalue weighted by molar-refractivity contribution is 5.87. The number of esters is 1. The first-order valence-corrected chi connectivity index (χ1v) is 3.45. The van der Waals surface area contributed by atoms with E-state index >= 15 is 0 Å². The van der Waals surface area contributed by atoms with Gasteiger partial charge in [0.25, 0.3) is 0 Å². The molecule has 0 saturated carbocycles. The molecule has 13 heavy (non-hydrogen) atoms. The van der Waals surface area contributed by atoms with E-state index in [4.69, 9.17) is 5.11 Å². The Hall–Kier alpha value is -1.85. The van der Waals surface area contributed by atoms with Crippen molar-refractivity contribution in [1.29, 1.82) is 0 Å². The van der Waals surface area contributed by atoms with Gasteiger partial charge in [-0.1, -0.05) is 0 Å². The molecule has 0 aliphatic heterocycles. The van der Waals surface area contributed by atoms with E-state index in [0.717, 1.165) is 0 Å². The Bertz CT molecular complexity index is 331. The number of ether oxygens (including phenoxy) is 1. The van der Waals surface area contributed by atoms with Crippen LogP contribution in [-0.2, 0) is 16.1 Å². The first-order valence-electron chi connectivity index (χ1n) is 3.45. The molecule has 0 spiro atoms. The maximum atomic E-state index is 11.0. The van der Waals surface area contributed by atoms with E-state index < -0.39 is 11.9 Å². The van der Waals surface area contributed by atoms with Crippen molar-refractivity contribution in [3.8, 4) is 0 Å². The van der Waals surface area contributed by atoms with E-state index in [0.29, 0.717) is 0 Å². The lowest BCUT2D eigenvalue weighted by Crippen LogP contribution is -2.14.